The maximum atomic E-state index is 12.0. The average Bonchev–Trinajstić information content (AvgIpc) is 3.39. The first-order valence-corrected chi connectivity index (χ1v) is 13.7. The minimum absolute atomic E-state index is 0.0117. The van der Waals surface area contributed by atoms with Crippen molar-refractivity contribution in [2.45, 2.75) is 62.5 Å². The number of hydroxylamine groups is 1. The molecule has 0 radical (unpaired) electrons. The predicted octanol–water partition coefficient (Wildman–Crippen LogP) is 2.94. The van der Waals surface area contributed by atoms with Gasteiger partial charge in [-0.05, 0) is 23.1 Å². The van der Waals surface area contributed by atoms with Crippen LogP contribution in [-0.4, -0.2) is 48.7 Å². The molecule has 0 aliphatic carbocycles. The number of aliphatic hydroxyl groups excluding tert-OH is 1. The molecule has 0 spiro atoms. The van der Waals surface area contributed by atoms with Crippen molar-refractivity contribution in [2.24, 2.45) is 7.05 Å². The molecule has 0 bridgehead atoms. The minimum Gasteiger partial charge on any atom is -0.392 e. The van der Waals surface area contributed by atoms with Crippen LogP contribution in [0.1, 0.15) is 60.3 Å². The highest BCUT2D eigenvalue weighted by atomic mass is 32.2. The van der Waals surface area contributed by atoms with Gasteiger partial charge in [-0.25, -0.2) is 5.48 Å². The summed E-state index contributed by atoms with van der Waals surface area (Å²) in [5, 5.41) is 29.7. The number of nitrogens with one attached hydrogen (secondary N) is 2. The maximum Gasteiger partial charge on any atom is 0.243 e. The summed E-state index contributed by atoms with van der Waals surface area (Å²) in [5.41, 5.74) is 5.20. The van der Waals surface area contributed by atoms with Gasteiger partial charge < -0.3 is 24.5 Å². The lowest BCUT2D eigenvalue weighted by atomic mass is 10.0. The van der Waals surface area contributed by atoms with Gasteiger partial charge in [-0.3, -0.25) is 14.8 Å². The fourth-order valence-electron chi connectivity index (χ4n) is 4.14. The summed E-state index contributed by atoms with van der Waals surface area (Å²) >= 11 is 1.58. The van der Waals surface area contributed by atoms with Crippen molar-refractivity contribution >= 4 is 23.6 Å². The lowest BCUT2D eigenvalue weighted by molar-refractivity contribution is -0.245. The monoisotopic (exact) mass is 555 g/mol. The summed E-state index contributed by atoms with van der Waals surface area (Å²) in [6, 6.07) is 15.5. The molecule has 1 fully saturated rings. The second-order valence-electron chi connectivity index (χ2n) is 9.29. The summed E-state index contributed by atoms with van der Waals surface area (Å²) in [4.78, 5) is 23.1. The van der Waals surface area contributed by atoms with E-state index in [1.165, 1.54) is 0 Å². The molecular weight excluding hydrogens is 522 g/mol. The number of hydrogen-bond acceptors (Lipinski definition) is 9. The smallest absolute Gasteiger partial charge is 0.243 e. The van der Waals surface area contributed by atoms with Gasteiger partial charge in [-0.15, -0.1) is 10.2 Å². The molecule has 1 aromatic heterocycles. The molecule has 4 N–H and O–H groups in total. The molecule has 4 rings (SSSR count). The molecule has 0 saturated carbocycles. The number of aromatic nitrogens is 3. The molecule has 3 atom stereocenters. The third-order valence-corrected chi connectivity index (χ3v) is 7.52. The molecule has 2 aromatic carbocycles. The van der Waals surface area contributed by atoms with Gasteiger partial charge in [0.05, 0.1) is 18.8 Å². The Morgan fingerprint density at radius 2 is 1.72 bits per heavy atom. The molecule has 2 amide bonds. The maximum absolute atomic E-state index is 12.0. The van der Waals surface area contributed by atoms with E-state index in [2.05, 4.69) is 15.5 Å². The van der Waals surface area contributed by atoms with Crippen LogP contribution in [0.4, 0.5) is 0 Å². The van der Waals surface area contributed by atoms with E-state index in [1.54, 1.807) is 23.6 Å². The number of carbonyl (C=O) groups is 2. The Balaban J connectivity index is 1.38. The predicted molar refractivity (Wildman–Crippen MR) is 142 cm³/mol. The number of ether oxygens (including phenoxy) is 2. The topological polar surface area (TPSA) is 148 Å². The van der Waals surface area contributed by atoms with Crippen LogP contribution in [0.3, 0.4) is 0 Å². The number of carbonyl (C=O) groups excluding carboxylic acids is 2. The minimum atomic E-state index is -0.576. The Bertz CT molecular complexity index is 1220. The Morgan fingerprint density at radius 3 is 2.38 bits per heavy atom. The molecule has 39 heavy (non-hydrogen) atoms. The van der Waals surface area contributed by atoms with E-state index in [0.29, 0.717) is 25.1 Å². The van der Waals surface area contributed by atoms with Gasteiger partial charge in [0, 0.05) is 44.2 Å². The van der Waals surface area contributed by atoms with Crippen LogP contribution in [-0.2, 0) is 39.3 Å². The van der Waals surface area contributed by atoms with Crippen molar-refractivity contribution in [3.05, 3.63) is 77.1 Å². The number of aryl methyl sites for hydroxylation is 1. The van der Waals surface area contributed by atoms with Crippen LogP contribution in [0, 0.1) is 0 Å². The van der Waals surface area contributed by atoms with Gasteiger partial charge in [0.15, 0.2) is 11.4 Å². The molecule has 2 heterocycles. The zero-order chi connectivity index (χ0) is 27.6. The van der Waals surface area contributed by atoms with E-state index in [0.717, 1.165) is 27.4 Å². The number of hydrogen-bond donors (Lipinski definition) is 4. The van der Waals surface area contributed by atoms with Gasteiger partial charge in [-0.1, -0.05) is 60.3 Å². The van der Waals surface area contributed by atoms with Crippen molar-refractivity contribution in [3.8, 4) is 0 Å². The number of benzene rings is 2. The zero-order valence-corrected chi connectivity index (χ0v) is 22.5. The van der Waals surface area contributed by atoms with Crippen molar-refractivity contribution in [1.29, 1.82) is 0 Å². The highest BCUT2D eigenvalue weighted by Gasteiger charge is 2.32. The first-order valence-electron chi connectivity index (χ1n) is 12.7. The van der Waals surface area contributed by atoms with E-state index in [9.17, 15) is 14.7 Å². The summed E-state index contributed by atoms with van der Waals surface area (Å²) < 4.78 is 14.6. The number of amides is 2. The van der Waals surface area contributed by atoms with Crippen molar-refractivity contribution in [3.63, 3.8) is 0 Å². The third-order valence-electron chi connectivity index (χ3n) is 6.36. The lowest BCUT2D eigenvalue weighted by Crippen LogP contribution is -2.31. The third kappa shape index (κ3) is 8.35. The van der Waals surface area contributed by atoms with Crippen LogP contribution >= 0.6 is 11.8 Å². The van der Waals surface area contributed by atoms with Crippen molar-refractivity contribution < 1.29 is 29.4 Å². The molecule has 1 saturated heterocycles. The number of rotatable bonds is 12. The second kappa shape index (κ2) is 14.2. The van der Waals surface area contributed by atoms with Crippen LogP contribution in [0.5, 0.6) is 0 Å². The molecule has 208 valence electrons. The highest BCUT2D eigenvalue weighted by Crippen LogP contribution is 2.39. The fraction of sp³-hybridized carbons (Fsp3) is 0.407. The zero-order valence-electron chi connectivity index (χ0n) is 21.7. The van der Waals surface area contributed by atoms with E-state index in [-0.39, 0.29) is 37.6 Å². The fourth-order valence-corrected chi connectivity index (χ4v) is 5.05. The first-order chi connectivity index (χ1) is 18.9. The Morgan fingerprint density at radius 1 is 1.03 bits per heavy atom. The molecule has 11 nitrogen and oxygen atoms in total. The molecule has 3 unspecified atom stereocenters. The van der Waals surface area contributed by atoms with Crippen LogP contribution in [0.2, 0.25) is 0 Å². The summed E-state index contributed by atoms with van der Waals surface area (Å²) in [6.07, 6.45) is 2.12. The van der Waals surface area contributed by atoms with E-state index < -0.39 is 12.2 Å². The summed E-state index contributed by atoms with van der Waals surface area (Å²) in [7, 11) is 1.90. The molecule has 12 heteroatoms. The molecule has 1 aliphatic rings. The van der Waals surface area contributed by atoms with Crippen LogP contribution in [0.25, 0.3) is 0 Å². The normalized spacial score (nSPS) is 19.0. The van der Waals surface area contributed by atoms with E-state index in [1.807, 2.05) is 60.1 Å². The average molecular weight is 556 g/mol. The lowest BCUT2D eigenvalue weighted by Gasteiger charge is -2.36. The van der Waals surface area contributed by atoms with Gasteiger partial charge in [0.25, 0.3) is 0 Å². The van der Waals surface area contributed by atoms with Gasteiger partial charge in [0.1, 0.15) is 6.33 Å². The van der Waals surface area contributed by atoms with Crippen molar-refractivity contribution in [2.75, 3.05) is 5.75 Å². The van der Waals surface area contributed by atoms with Crippen LogP contribution in [0.15, 0.2) is 60.0 Å². The molecule has 3 aromatic rings. The van der Waals surface area contributed by atoms with Crippen LogP contribution < -0.4 is 10.8 Å². The number of aliphatic hydroxyl groups is 1. The van der Waals surface area contributed by atoms with E-state index >= 15 is 0 Å². The Labute approximate surface area is 230 Å². The van der Waals surface area contributed by atoms with Gasteiger partial charge in [-0.2, -0.15) is 0 Å². The Kier molecular flexibility index (Phi) is 10.5. The number of nitrogens with zero attached hydrogens (tertiary/aromatic N) is 3. The quantitative estimate of drug-likeness (QED) is 0.150. The first kappa shape index (κ1) is 28.7. The SMILES string of the molecule is Cn1cnnc1SCC1CC(c2ccc(CO)cc2)OC(c2ccc(CNC(=O)CCCC(=O)NO)cc2)O1. The summed E-state index contributed by atoms with van der Waals surface area (Å²) in [6.45, 7) is 0.344. The van der Waals surface area contributed by atoms with Gasteiger partial charge in [0.2, 0.25) is 11.8 Å². The van der Waals surface area contributed by atoms with E-state index in [4.69, 9.17) is 14.7 Å². The van der Waals surface area contributed by atoms with Crippen molar-refractivity contribution in [1.82, 2.24) is 25.6 Å². The van der Waals surface area contributed by atoms with Gasteiger partial charge >= 0.3 is 0 Å². The summed E-state index contributed by atoms with van der Waals surface area (Å²) in [5.74, 6) is 0.00771. The number of thioether (sulfide) groups is 1. The largest absolute Gasteiger partial charge is 0.392 e. The standard InChI is InChI=1S/C27H33N5O6S/c1-32-17-29-30-27(32)39-16-22-13-23(20-9-7-19(15-33)8-10-20)38-26(37-22)21-11-5-18(6-12-21)14-28-24(34)3-2-4-25(35)31-36/h5-12,17,22-23,26,33,36H,2-4,13-16H2,1H3,(H,28,34)(H,31,35). The molecule has 1 aliphatic heterocycles. The molecular formula is C27H33N5O6S. The highest BCUT2D eigenvalue weighted by molar-refractivity contribution is 7.99. The Hall–Kier alpha value is -3.29. The second-order valence-corrected chi connectivity index (χ2v) is 10.3.